The van der Waals surface area contributed by atoms with E-state index in [9.17, 15) is 9.11 Å². The van der Waals surface area contributed by atoms with Crippen LogP contribution in [0, 0.1) is 13.8 Å². The number of hydrogen-bond donors (Lipinski definition) is 1. The second kappa shape index (κ2) is 5.36. The molecule has 1 aromatic carbocycles. The molecule has 4 nitrogen and oxygen atoms in total. The predicted octanol–water partition coefficient (Wildman–Crippen LogP) is 1.05. The van der Waals surface area contributed by atoms with Crippen LogP contribution in [0.5, 0.6) is 5.75 Å². The van der Waals surface area contributed by atoms with Crippen LogP contribution in [0.15, 0.2) is 21.3 Å². The Hall–Kier alpha value is -1.95. The molecule has 3 N–H and O–H groups in total. The molecule has 0 saturated carbocycles. The van der Waals surface area contributed by atoms with Crippen LogP contribution in [0.25, 0.3) is 11.0 Å². The average Bonchev–Trinajstić information content (AvgIpc) is 2.35. The molecule has 0 bridgehead atoms. The van der Waals surface area contributed by atoms with E-state index < -0.39 is 5.63 Å². The van der Waals surface area contributed by atoms with E-state index in [1.807, 2.05) is 6.92 Å². The molecule has 1 heterocycles. The third-order valence-electron chi connectivity index (χ3n) is 2.91. The minimum absolute atomic E-state index is 0.0986. The summed E-state index contributed by atoms with van der Waals surface area (Å²) in [5.74, 6) is 1.76. The van der Waals surface area contributed by atoms with Crippen molar-refractivity contribution in [2.75, 3.05) is 6.61 Å². The van der Waals surface area contributed by atoms with Crippen LogP contribution >= 0.6 is 0 Å². The second-order valence-corrected chi connectivity index (χ2v) is 4.29. The zero-order chi connectivity index (χ0) is 14.0. The Balaban J connectivity index is 2.63. The summed E-state index contributed by atoms with van der Waals surface area (Å²) in [5.41, 5.74) is 6.18. The Morgan fingerprint density at radius 2 is 2.21 bits per heavy atom. The van der Waals surface area contributed by atoms with E-state index >= 15 is 0 Å². The molecule has 0 unspecified atom stereocenters. The van der Waals surface area contributed by atoms with E-state index in [0.717, 1.165) is 10.9 Å². The van der Waals surface area contributed by atoms with Crippen molar-refractivity contribution in [3.8, 4) is 5.75 Å². The van der Waals surface area contributed by atoms with Gasteiger partial charge in [0.15, 0.2) is 0 Å². The van der Waals surface area contributed by atoms with Crippen molar-refractivity contribution in [2.45, 2.75) is 13.8 Å². The SMILES string of the molecule is Cc1cc(=O)oc2c(C)c(OCC=BF)c([NH3+])cc12. The summed E-state index contributed by atoms with van der Waals surface area (Å²) in [6.07, 6.45) is 0. The standard InChI is InChI=1S/C13H13BFNO3/c1-7-5-11(17)19-12-8(2)13(18-4-3-14-15)10(16)6-9(7)12/h3,5-6H,4,16H2,1-2H3/p+1. The zero-order valence-electron chi connectivity index (χ0n) is 10.8. The molecular formula is C13H14BFNO3+. The summed E-state index contributed by atoms with van der Waals surface area (Å²) in [5, 5.41) is 0.829. The Morgan fingerprint density at radius 1 is 1.47 bits per heavy atom. The van der Waals surface area contributed by atoms with Gasteiger partial charge in [0.2, 0.25) is 0 Å². The van der Waals surface area contributed by atoms with Crippen LogP contribution in [0.3, 0.4) is 0 Å². The number of fused-ring (bicyclic) bond motifs is 1. The van der Waals surface area contributed by atoms with E-state index in [1.165, 1.54) is 12.0 Å². The number of rotatable bonds is 3. The predicted molar refractivity (Wildman–Crippen MR) is 72.9 cm³/mol. The molecule has 0 radical (unpaired) electrons. The molecule has 0 saturated heterocycles. The Kier molecular flexibility index (Phi) is 3.80. The molecule has 0 amide bonds. The van der Waals surface area contributed by atoms with Crippen molar-refractivity contribution in [2.24, 2.45) is 0 Å². The summed E-state index contributed by atoms with van der Waals surface area (Å²) in [6.45, 7) is 3.72. The number of hydrogen-bond acceptors (Lipinski definition) is 3. The molecule has 6 heteroatoms. The van der Waals surface area contributed by atoms with E-state index in [4.69, 9.17) is 9.15 Å². The molecule has 0 atom stereocenters. The maximum absolute atomic E-state index is 11.9. The number of benzene rings is 1. The molecule has 19 heavy (non-hydrogen) atoms. The minimum atomic E-state index is -0.403. The van der Waals surface area contributed by atoms with Crippen molar-refractivity contribution in [3.63, 3.8) is 0 Å². The van der Waals surface area contributed by atoms with Gasteiger partial charge in [-0.3, -0.25) is 0 Å². The van der Waals surface area contributed by atoms with Gasteiger partial charge in [0.05, 0.1) is 0 Å². The molecule has 98 valence electrons. The Morgan fingerprint density at radius 3 is 2.89 bits per heavy atom. The van der Waals surface area contributed by atoms with Gasteiger partial charge in [0, 0.05) is 0 Å². The van der Waals surface area contributed by atoms with Gasteiger partial charge < -0.3 is 0 Å². The zero-order valence-corrected chi connectivity index (χ0v) is 10.8. The van der Waals surface area contributed by atoms with Gasteiger partial charge in [-0.1, -0.05) is 0 Å². The second-order valence-electron chi connectivity index (χ2n) is 4.29. The van der Waals surface area contributed by atoms with Crippen LogP contribution in [0.2, 0.25) is 0 Å². The molecule has 0 fully saturated rings. The van der Waals surface area contributed by atoms with Gasteiger partial charge >= 0.3 is 109 Å². The number of aryl methyl sites for hydroxylation is 2. The molecule has 2 rings (SSSR count). The molecule has 0 spiro atoms. The Bertz CT molecular complexity index is 709. The summed E-state index contributed by atoms with van der Waals surface area (Å²) in [4.78, 5) is 11.4. The summed E-state index contributed by atoms with van der Waals surface area (Å²) in [6, 6.07) is 3.24. The normalized spacial score (nSPS) is 10.9. The first-order valence-corrected chi connectivity index (χ1v) is 5.82. The van der Waals surface area contributed by atoms with Crippen molar-refractivity contribution >= 4 is 29.8 Å². The fourth-order valence-electron chi connectivity index (χ4n) is 2.03. The number of ether oxygens (including phenoxy) is 1. The Labute approximate surface area is 109 Å². The maximum atomic E-state index is 11.9. The third-order valence-corrected chi connectivity index (χ3v) is 2.91. The van der Waals surface area contributed by atoms with Crippen molar-refractivity contribution in [3.05, 3.63) is 33.7 Å². The van der Waals surface area contributed by atoms with Gasteiger partial charge in [-0.05, 0) is 0 Å². The van der Waals surface area contributed by atoms with E-state index in [0.29, 0.717) is 29.8 Å². The summed E-state index contributed by atoms with van der Waals surface area (Å²) < 4.78 is 22.6. The van der Waals surface area contributed by atoms with Gasteiger partial charge in [0.1, 0.15) is 0 Å². The van der Waals surface area contributed by atoms with Crippen LogP contribution in [0.1, 0.15) is 11.1 Å². The molecule has 1 aromatic heterocycles. The number of halogens is 1. The van der Waals surface area contributed by atoms with E-state index in [2.05, 4.69) is 5.73 Å². The molecule has 0 aliphatic heterocycles. The summed E-state index contributed by atoms with van der Waals surface area (Å²) in [7, 11) is 0.420. The fourth-order valence-corrected chi connectivity index (χ4v) is 2.03. The van der Waals surface area contributed by atoms with Crippen molar-refractivity contribution in [1.82, 2.24) is 0 Å². The van der Waals surface area contributed by atoms with Gasteiger partial charge in [-0.15, -0.1) is 0 Å². The van der Waals surface area contributed by atoms with E-state index in [-0.39, 0.29) is 6.61 Å². The topological polar surface area (TPSA) is 67.1 Å². The molecular weight excluding hydrogens is 248 g/mol. The van der Waals surface area contributed by atoms with Crippen LogP contribution < -0.4 is 16.1 Å². The first-order valence-electron chi connectivity index (χ1n) is 5.82. The fraction of sp³-hybridized carbons (Fsp3) is 0.231. The monoisotopic (exact) mass is 262 g/mol. The molecule has 0 aliphatic carbocycles. The van der Waals surface area contributed by atoms with Crippen LogP contribution in [0.4, 0.5) is 10.0 Å². The molecule has 0 aliphatic rings. The number of quaternary nitrogens is 1. The first kappa shape index (κ1) is 13.5. The summed E-state index contributed by atoms with van der Waals surface area (Å²) >= 11 is 0. The van der Waals surface area contributed by atoms with Crippen LogP contribution in [-0.4, -0.2) is 19.8 Å². The van der Waals surface area contributed by atoms with Gasteiger partial charge in [-0.2, -0.15) is 0 Å². The van der Waals surface area contributed by atoms with E-state index in [1.54, 1.807) is 13.0 Å². The quantitative estimate of drug-likeness (QED) is 0.664. The average molecular weight is 262 g/mol. The van der Waals surface area contributed by atoms with Crippen LogP contribution in [-0.2, 0) is 0 Å². The van der Waals surface area contributed by atoms with Crippen molar-refractivity contribution < 1.29 is 19.2 Å². The van der Waals surface area contributed by atoms with Gasteiger partial charge in [-0.25, -0.2) is 0 Å². The van der Waals surface area contributed by atoms with Gasteiger partial charge in [0.25, 0.3) is 0 Å². The molecule has 2 aromatic rings. The first-order chi connectivity index (χ1) is 9.04. The third kappa shape index (κ3) is 2.58. The van der Waals surface area contributed by atoms with Crippen molar-refractivity contribution in [1.29, 1.82) is 0 Å².